The minimum atomic E-state index is -0.415. The van der Waals surface area contributed by atoms with E-state index < -0.39 is 5.63 Å². The first-order chi connectivity index (χ1) is 9.58. The Balaban J connectivity index is 2.25. The minimum absolute atomic E-state index is 0.0699. The average molecular weight is 275 g/mol. The number of aryl methyl sites for hydroxylation is 1. The molecule has 0 amide bonds. The second kappa shape index (κ2) is 4.74. The molecule has 1 aliphatic heterocycles. The molecule has 20 heavy (non-hydrogen) atoms. The highest BCUT2D eigenvalue weighted by molar-refractivity contribution is 5.91. The zero-order valence-corrected chi connectivity index (χ0v) is 11.3. The van der Waals surface area contributed by atoms with E-state index in [1.807, 2.05) is 4.90 Å². The monoisotopic (exact) mass is 275 g/mol. The van der Waals surface area contributed by atoms with Crippen LogP contribution in [0.5, 0.6) is 11.5 Å². The van der Waals surface area contributed by atoms with Crippen LogP contribution >= 0.6 is 0 Å². The van der Waals surface area contributed by atoms with E-state index in [0.717, 1.165) is 25.9 Å². The summed E-state index contributed by atoms with van der Waals surface area (Å²) in [5.41, 5.74) is 1.03. The molecule has 1 aromatic carbocycles. The zero-order valence-electron chi connectivity index (χ0n) is 11.3. The number of hydrogen-bond acceptors (Lipinski definition) is 5. The summed E-state index contributed by atoms with van der Waals surface area (Å²) in [5, 5.41) is 20.0. The van der Waals surface area contributed by atoms with Crippen LogP contribution in [0, 0.1) is 6.92 Å². The maximum atomic E-state index is 12.2. The number of hydrogen-bond donors (Lipinski definition) is 2. The van der Waals surface area contributed by atoms with Gasteiger partial charge in [0, 0.05) is 25.2 Å². The molecule has 5 nitrogen and oxygen atoms in total. The number of phenols is 2. The summed E-state index contributed by atoms with van der Waals surface area (Å²) >= 11 is 0. The van der Waals surface area contributed by atoms with E-state index in [4.69, 9.17) is 4.42 Å². The number of aromatic hydroxyl groups is 2. The van der Waals surface area contributed by atoms with Crippen molar-refractivity contribution < 1.29 is 14.6 Å². The number of piperidine rings is 1. The van der Waals surface area contributed by atoms with Crippen molar-refractivity contribution in [2.45, 2.75) is 26.2 Å². The third-order valence-electron chi connectivity index (χ3n) is 3.86. The number of nitrogens with zero attached hydrogens (tertiary/aromatic N) is 1. The molecule has 2 heterocycles. The summed E-state index contributed by atoms with van der Waals surface area (Å²) in [5.74, 6) is -0.192. The van der Waals surface area contributed by atoms with Crippen LogP contribution in [0.25, 0.3) is 11.0 Å². The summed E-state index contributed by atoms with van der Waals surface area (Å²) in [6, 6.07) is 2.61. The Morgan fingerprint density at radius 2 is 1.85 bits per heavy atom. The highest BCUT2D eigenvalue weighted by Crippen LogP contribution is 2.35. The number of phenolic OH excluding ortho intramolecular Hbond substituents is 2. The van der Waals surface area contributed by atoms with Crippen molar-refractivity contribution in [1.82, 2.24) is 0 Å². The quantitative estimate of drug-likeness (QED) is 0.782. The summed E-state index contributed by atoms with van der Waals surface area (Å²) in [4.78, 5) is 14.2. The molecule has 106 valence electrons. The summed E-state index contributed by atoms with van der Waals surface area (Å²) in [6.45, 7) is 3.46. The van der Waals surface area contributed by atoms with Crippen molar-refractivity contribution >= 4 is 16.7 Å². The number of rotatable bonds is 1. The van der Waals surface area contributed by atoms with Crippen LogP contribution in [-0.4, -0.2) is 23.3 Å². The first kappa shape index (κ1) is 12.8. The van der Waals surface area contributed by atoms with E-state index in [1.165, 1.54) is 18.6 Å². The van der Waals surface area contributed by atoms with Crippen molar-refractivity contribution in [3.8, 4) is 11.5 Å². The summed E-state index contributed by atoms with van der Waals surface area (Å²) < 4.78 is 5.27. The zero-order chi connectivity index (χ0) is 14.3. The lowest BCUT2D eigenvalue weighted by molar-refractivity contribution is 0.450. The van der Waals surface area contributed by atoms with E-state index >= 15 is 0 Å². The number of benzene rings is 1. The second-order valence-corrected chi connectivity index (χ2v) is 5.25. The molecule has 0 aliphatic carbocycles. The van der Waals surface area contributed by atoms with Gasteiger partial charge in [-0.05, 0) is 31.7 Å². The molecule has 1 fully saturated rings. The van der Waals surface area contributed by atoms with Crippen molar-refractivity contribution in [2.24, 2.45) is 0 Å². The predicted octanol–water partition coefficient (Wildman–Crippen LogP) is 2.50. The molecule has 3 rings (SSSR count). The summed E-state index contributed by atoms with van der Waals surface area (Å²) in [6.07, 6.45) is 3.28. The van der Waals surface area contributed by atoms with Crippen molar-refractivity contribution in [3.63, 3.8) is 0 Å². The van der Waals surface area contributed by atoms with Crippen molar-refractivity contribution in [2.75, 3.05) is 18.0 Å². The van der Waals surface area contributed by atoms with E-state index in [2.05, 4.69) is 0 Å². The maximum absolute atomic E-state index is 12.2. The van der Waals surface area contributed by atoms with Gasteiger partial charge in [-0.3, -0.25) is 0 Å². The molecular formula is C15H17NO4. The number of anilines is 1. The molecule has 2 aromatic rings. The van der Waals surface area contributed by atoms with Crippen LogP contribution in [0.4, 0.5) is 5.69 Å². The molecule has 0 bridgehead atoms. The lowest BCUT2D eigenvalue weighted by Gasteiger charge is -2.29. The maximum Gasteiger partial charge on any atom is 0.360 e. The van der Waals surface area contributed by atoms with Crippen LogP contribution < -0.4 is 10.5 Å². The molecule has 0 spiro atoms. The molecule has 0 radical (unpaired) electrons. The molecular weight excluding hydrogens is 258 g/mol. The Morgan fingerprint density at radius 1 is 1.15 bits per heavy atom. The highest BCUT2D eigenvalue weighted by atomic mass is 16.4. The van der Waals surface area contributed by atoms with Gasteiger partial charge in [-0.25, -0.2) is 4.79 Å². The molecule has 0 atom stereocenters. The molecule has 2 N–H and O–H groups in total. The standard InChI is InChI=1S/C15H17NO4/c1-9-13-11(18)7-10(17)8-12(13)20-15(19)14(9)16-5-3-2-4-6-16/h7-8,17-18H,2-6H2,1H3. The fourth-order valence-corrected chi connectivity index (χ4v) is 2.95. The third-order valence-corrected chi connectivity index (χ3v) is 3.86. The van der Waals surface area contributed by atoms with E-state index in [0.29, 0.717) is 16.6 Å². The Kier molecular flexibility index (Phi) is 3.04. The van der Waals surface area contributed by atoms with Gasteiger partial charge >= 0.3 is 5.63 Å². The minimum Gasteiger partial charge on any atom is -0.508 e. The Morgan fingerprint density at radius 3 is 2.55 bits per heavy atom. The molecule has 1 saturated heterocycles. The van der Waals surface area contributed by atoms with Gasteiger partial charge in [0.25, 0.3) is 0 Å². The fourth-order valence-electron chi connectivity index (χ4n) is 2.95. The first-order valence-corrected chi connectivity index (χ1v) is 6.82. The van der Waals surface area contributed by atoms with Crippen molar-refractivity contribution in [3.05, 3.63) is 28.1 Å². The smallest absolute Gasteiger partial charge is 0.360 e. The van der Waals surface area contributed by atoms with Crippen LogP contribution in [0.3, 0.4) is 0 Å². The Bertz CT molecular complexity index is 714. The van der Waals surface area contributed by atoms with Gasteiger partial charge in [-0.1, -0.05) is 0 Å². The highest BCUT2D eigenvalue weighted by Gasteiger charge is 2.21. The normalized spacial score (nSPS) is 15.8. The van der Waals surface area contributed by atoms with Crippen LogP contribution in [0.1, 0.15) is 24.8 Å². The van der Waals surface area contributed by atoms with Crippen LogP contribution in [0.2, 0.25) is 0 Å². The van der Waals surface area contributed by atoms with E-state index in [1.54, 1.807) is 6.92 Å². The number of fused-ring (bicyclic) bond motifs is 1. The van der Waals surface area contributed by atoms with Crippen molar-refractivity contribution in [1.29, 1.82) is 0 Å². The lowest BCUT2D eigenvalue weighted by atomic mass is 10.1. The van der Waals surface area contributed by atoms with Crippen LogP contribution in [-0.2, 0) is 0 Å². The first-order valence-electron chi connectivity index (χ1n) is 6.82. The predicted molar refractivity (Wildman–Crippen MR) is 76.6 cm³/mol. The van der Waals surface area contributed by atoms with Gasteiger partial charge in [0.1, 0.15) is 22.8 Å². The molecule has 5 heteroatoms. The Labute approximate surface area is 116 Å². The van der Waals surface area contributed by atoms with Gasteiger partial charge in [0.15, 0.2) is 0 Å². The fraction of sp³-hybridized carbons (Fsp3) is 0.400. The second-order valence-electron chi connectivity index (χ2n) is 5.25. The van der Waals surface area contributed by atoms with Crippen LogP contribution in [0.15, 0.2) is 21.3 Å². The van der Waals surface area contributed by atoms with E-state index in [9.17, 15) is 15.0 Å². The average Bonchev–Trinajstić information content (AvgIpc) is 2.38. The summed E-state index contributed by atoms with van der Waals surface area (Å²) in [7, 11) is 0. The third kappa shape index (κ3) is 1.99. The molecule has 0 unspecified atom stereocenters. The Hall–Kier alpha value is -2.17. The SMILES string of the molecule is Cc1c(N2CCCCC2)c(=O)oc2cc(O)cc(O)c12. The molecule has 1 aromatic heterocycles. The largest absolute Gasteiger partial charge is 0.508 e. The van der Waals surface area contributed by atoms with Gasteiger partial charge in [0.2, 0.25) is 0 Å². The van der Waals surface area contributed by atoms with Gasteiger partial charge in [0.05, 0.1) is 5.39 Å². The molecule has 0 saturated carbocycles. The van der Waals surface area contributed by atoms with Gasteiger partial charge in [-0.2, -0.15) is 0 Å². The van der Waals surface area contributed by atoms with E-state index in [-0.39, 0.29) is 17.1 Å². The van der Waals surface area contributed by atoms with Gasteiger partial charge in [-0.15, -0.1) is 0 Å². The topological polar surface area (TPSA) is 73.9 Å². The van der Waals surface area contributed by atoms with Gasteiger partial charge < -0.3 is 19.5 Å². The molecule has 1 aliphatic rings. The lowest BCUT2D eigenvalue weighted by Crippen LogP contribution is -2.33.